The third-order valence-corrected chi connectivity index (χ3v) is 7.29. The maximum absolute atomic E-state index is 12.7. The maximum Gasteiger partial charge on any atom is 0.335 e. The highest BCUT2D eigenvalue weighted by Gasteiger charge is 2.30. The number of rotatable bonds is 7. The van der Waals surface area contributed by atoms with Gasteiger partial charge in [-0.1, -0.05) is 18.2 Å². The number of hydrogen-bond acceptors (Lipinski definition) is 9. The Kier molecular flexibility index (Phi) is 6.54. The van der Waals surface area contributed by atoms with Crippen LogP contribution < -0.4 is 14.8 Å². The molecule has 0 radical (unpaired) electrons. The van der Waals surface area contributed by atoms with Gasteiger partial charge >= 0.3 is 12.0 Å². The highest BCUT2D eigenvalue weighted by atomic mass is 32.2. The molecule has 0 saturated heterocycles. The van der Waals surface area contributed by atoms with E-state index in [4.69, 9.17) is 4.74 Å². The monoisotopic (exact) mass is 441 g/mol. The van der Waals surface area contributed by atoms with Gasteiger partial charge in [0.25, 0.3) is 10.0 Å². The number of methoxy groups -OCH3 is 1. The zero-order valence-electron chi connectivity index (χ0n) is 15.8. The lowest BCUT2D eigenvalue weighted by Crippen LogP contribution is -2.36. The summed E-state index contributed by atoms with van der Waals surface area (Å²) in [4.78, 5) is 22.6. The smallest absolute Gasteiger partial charge is 0.335 e. The predicted octanol–water partition coefficient (Wildman–Crippen LogP) is 1.05. The number of amides is 2. The van der Waals surface area contributed by atoms with Crippen LogP contribution in [0.4, 0.5) is 10.7 Å². The number of ether oxygens (including phenoxy) is 1. The van der Waals surface area contributed by atoms with Crippen LogP contribution in [0.1, 0.15) is 12.7 Å². The molecule has 0 bridgehead atoms. The lowest BCUT2D eigenvalue weighted by atomic mass is 10.4. The molecule has 1 atom stereocenters. The minimum atomic E-state index is -4.54. The van der Waals surface area contributed by atoms with Crippen molar-refractivity contribution in [3.63, 3.8) is 0 Å². The van der Waals surface area contributed by atoms with Crippen LogP contribution in [0, 0.1) is 6.92 Å². The van der Waals surface area contributed by atoms with Gasteiger partial charge in [-0.25, -0.2) is 26.4 Å². The second-order valence-corrected chi connectivity index (χ2v) is 9.61. The Morgan fingerprint density at radius 2 is 1.76 bits per heavy atom. The Morgan fingerprint density at radius 1 is 1.14 bits per heavy atom. The van der Waals surface area contributed by atoms with E-state index >= 15 is 0 Å². The van der Waals surface area contributed by atoms with E-state index < -0.39 is 40.9 Å². The van der Waals surface area contributed by atoms with Gasteiger partial charge in [0.15, 0.2) is 9.84 Å². The molecule has 0 saturated carbocycles. The van der Waals surface area contributed by atoms with Gasteiger partial charge in [0.1, 0.15) is 10.7 Å². The molecule has 1 unspecified atom stereocenters. The number of carbonyl (C=O) groups is 1. The predicted molar refractivity (Wildman–Crippen MR) is 104 cm³/mol. The van der Waals surface area contributed by atoms with E-state index in [2.05, 4.69) is 26.8 Å². The molecule has 1 aromatic heterocycles. The summed E-state index contributed by atoms with van der Waals surface area (Å²) in [5.41, 5.74) is 0. The number of aromatic nitrogens is 3. The van der Waals surface area contributed by atoms with Gasteiger partial charge in [0, 0.05) is 0 Å². The fourth-order valence-electron chi connectivity index (χ4n) is 2.14. The zero-order chi connectivity index (χ0) is 21.8. The average molecular weight is 441 g/mol. The summed E-state index contributed by atoms with van der Waals surface area (Å²) in [6.07, 6.45) is 1.18. The lowest BCUT2D eigenvalue weighted by Gasteiger charge is -2.14. The Bertz CT molecular complexity index is 1150. The van der Waals surface area contributed by atoms with E-state index in [1.54, 1.807) is 4.72 Å². The lowest BCUT2D eigenvalue weighted by molar-refractivity contribution is 0.256. The topological polar surface area (TPSA) is 157 Å². The minimum Gasteiger partial charge on any atom is -0.467 e. The van der Waals surface area contributed by atoms with Crippen LogP contribution >= 0.6 is 0 Å². The highest BCUT2D eigenvalue weighted by Crippen LogP contribution is 2.24. The second-order valence-electron chi connectivity index (χ2n) is 5.69. The normalized spacial score (nSPS) is 12.7. The first-order valence-corrected chi connectivity index (χ1v) is 11.1. The van der Waals surface area contributed by atoms with E-state index in [0.717, 1.165) is 12.1 Å². The maximum atomic E-state index is 12.7. The molecule has 2 amide bonds. The van der Waals surface area contributed by atoms with Gasteiger partial charge in [-0.15, -0.1) is 6.58 Å². The van der Waals surface area contributed by atoms with Crippen molar-refractivity contribution < 1.29 is 26.4 Å². The van der Waals surface area contributed by atoms with Crippen LogP contribution in [-0.4, -0.2) is 50.2 Å². The molecule has 156 valence electrons. The highest BCUT2D eigenvalue weighted by molar-refractivity contribution is 7.94. The number of nitrogens with zero attached hydrogens (tertiary/aromatic N) is 3. The molecule has 0 fully saturated rings. The molecule has 0 aliphatic rings. The standard InChI is InChI=1S/C16H19N5O6S2/c1-5-10(2)28(23,24)12-8-6-7-9-13(12)29(25,26)21-15(22)19-14-17-11(3)18-16(20-14)27-4/h5-10H,1H2,2-4H3,(H2,17,18,19,20,21,22). The first-order valence-electron chi connectivity index (χ1n) is 8.07. The van der Waals surface area contributed by atoms with Gasteiger partial charge in [-0.05, 0) is 26.0 Å². The fourth-order valence-corrected chi connectivity index (χ4v) is 5.09. The molecular formula is C16H19N5O6S2. The number of aryl methyl sites for hydroxylation is 1. The minimum absolute atomic E-state index is 0.0782. The Labute approximate surface area is 168 Å². The van der Waals surface area contributed by atoms with E-state index in [-0.39, 0.29) is 17.8 Å². The Morgan fingerprint density at radius 3 is 2.34 bits per heavy atom. The number of sulfonamides is 1. The van der Waals surface area contributed by atoms with E-state index in [1.165, 1.54) is 39.2 Å². The molecule has 0 spiro atoms. The molecule has 1 aromatic carbocycles. The summed E-state index contributed by atoms with van der Waals surface area (Å²) in [5, 5.41) is 1.10. The largest absolute Gasteiger partial charge is 0.467 e. The molecule has 11 nitrogen and oxygen atoms in total. The third-order valence-electron chi connectivity index (χ3n) is 3.63. The molecule has 0 aliphatic heterocycles. The fraction of sp³-hybridized carbons (Fsp3) is 0.250. The second kappa shape index (κ2) is 8.53. The van der Waals surface area contributed by atoms with Crippen molar-refractivity contribution >= 4 is 31.8 Å². The van der Waals surface area contributed by atoms with Crippen molar-refractivity contribution in [1.29, 1.82) is 0 Å². The van der Waals surface area contributed by atoms with Crippen molar-refractivity contribution in [3.05, 3.63) is 42.7 Å². The third kappa shape index (κ3) is 5.06. The number of urea groups is 1. The van der Waals surface area contributed by atoms with Gasteiger partial charge < -0.3 is 4.74 Å². The summed E-state index contributed by atoms with van der Waals surface area (Å²) >= 11 is 0. The van der Waals surface area contributed by atoms with Gasteiger partial charge in [0.2, 0.25) is 5.95 Å². The summed E-state index contributed by atoms with van der Waals surface area (Å²) < 4.78 is 57.1. The zero-order valence-corrected chi connectivity index (χ0v) is 17.4. The first-order chi connectivity index (χ1) is 13.5. The molecule has 2 N–H and O–H groups in total. The quantitative estimate of drug-likeness (QED) is 0.599. The first kappa shape index (κ1) is 22.2. The van der Waals surface area contributed by atoms with Crippen LogP contribution in [0.15, 0.2) is 46.7 Å². The number of carbonyl (C=O) groups excluding carboxylic acids is 1. The molecule has 2 aromatic rings. The Hall–Kier alpha value is -3.06. The van der Waals surface area contributed by atoms with Crippen LogP contribution in [0.2, 0.25) is 0 Å². The number of anilines is 1. The van der Waals surface area contributed by atoms with Gasteiger partial charge in [0.05, 0.1) is 17.3 Å². The summed E-state index contributed by atoms with van der Waals surface area (Å²) in [7, 11) is -7.26. The van der Waals surface area contributed by atoms with E-state index in [9.17, 15) is 21.6 Å². The van der Waals surface area contributed by atoms with Crippen LogP contribution in [0.3, 0.4) is 0 Å². The van der Waals surface area contributed by atoms with Crippen LogP contribution in [0.5, 0.6) is 6.01 Å². The number of nitrogens with one attached hydrogen (secondary N) is 2. The average Bonchev–Trinajstić information content (AvgIpc) is 2.66. The molecule has 1 heterocycles. The molecule has 2 rings (SSSR count). The summed E-state index contributed by atoms with van der Waals surface area (Å²) in [5.74, 6) is -0.0203. The number of hydrogen-bond donors (Lipinski definition) is 2. The van der Waals surface area contributed by atoms with Crippen molar-refractivity contribution in [2.24, 2.45) is 0 Å². The molecule has 13 heteroatoms. The van der Waals surface area contributed by atoms with Crippen LogP contribution in [-0.2, 0) is 19.9 Å². The van der Waals surface area contributed by atoms with Gasteiger partial charge in [-0.3, -0.25) is 5.32 Å². The van der Waals surface area contributed by atoms with Crippen LogP contribution in [0.25, 0.3) is 0 Å². The summed E-state index contributed by atoms with van der Waals surface area (Å²) in [6, 6.07) is 3.66. The van der Waals surface area contributed by atoms with E-state index in [0.29, 0.717) is 0 Å². The van der Waals surface area contributed by atoms with Crippen molar-refractivity contribution in [2.75, 3.05) is 12.4 Å². The number of benzene rings is 1. The van der Waals surface area contributed by atoms with Crippen molar-refractivity contribution in [1.82, 2.24) is 19.7 Å². The molecular weight excluding hydrogens is 422 g/mol. The number of sulfone groups is 1. The summed E-state index contributed by atoms with van der Waals surface area (Å²) in [6.45, 7) is 6.31. The molecule has 0 aliphatic carbocycles. The van der Waals surface area contributed by atoms with Crippen molar-refractivity contribution in [2.45, 2.75) is 28.9 Å². The molecule has 29 heavy (non-hydrogen) atoms. The SMILES string of the molecule is C=CC(C)S(=O)(=O)c1ccccc1S(=O)(=O)NC(=O)Nc1nc(C)nc(OC)n1. The Balaban J connectivity index is 2.34. The van der Waals surface area contributed by atoms with E-state index in [1.807, 2.05) is 0 Å². The van der Waals surface area contributed by atoms with Gasteiger partial charge in [-0.2, -0.15) is 15.0 Å². The van der Waals surface area contributed by atoms with Crippen molar-refractivity contribution in [3.8, 4) is 6.01 Å².